The fraction of sp³-hybridized carbons (Fsp3) is 0.471. The zero-order chi connectivity index (χ0) is 15.1. The number of aromatic nitrogens is 3. The number of hydrogen-bond acceptors (Lipinski definition) is 5. The van der Waals surface area contributed by atoms with E-state index in [1.54, 1.807) is 0 Å². The molecular weight excluding hydrogens is 274 g/mol. The van der Waals surface area contributed by atoms with Crippen molar-refractivity contribution in [3.63, 3.8) is 0 Å². The van der Waals surface area contributed by atoms with Crippen LogP contribution in [0.5, 0.6) is 0 Å². The van der Waals surface area contributed by atoms with Crippen LogP contribution in [0, 0.1) is 6.92 Å². The lowest BCUT2D eigenvalue weighted by Gasteiger charge is -2.45. The van der Waals surface area contributed by atoms with Gasteiger partial charge in [-0.3, -0.25) is 4.98 Å². The van der Waals surface area contributed by atoms with Crippen molar-refractivity contribution in [3.05, 3.63) is 41.9 Å². The van der Waals surface area contributed by atoms with Gasteiger partial charge >= 0.3 is 0 Å². The predicted octanol–water partition coefficient (Wildman–Crippen LogP) is 2.38. The Morgan fingerprint density at radius 3 is 2.59 bits per heavy atom. The summed E-state index contributed by atoms with van der Waals surface area (Å²) in [5.74, 6) is 1.67. The van der Waals surface area contributed by atoms with E-state index in [2.05, 4.69) is 56.3 Å². The maximum atomic E-state index is 4.39. The molecule has 1 saturated heterocycles. The normalized spacial score (nSPS) is 18.2. The van der Waals surface area contributed by atoms with E-state index in [0.717, 1.165) is 30.3 Å². The molecule has 22 heavy (non-hydrogen) atoms. The van der Waals surface area contributed by atoms with Crippen molar-refractivity contribution in [1.29, 1.82) is 0 Å². The molecule has 5 heteroatoms. The molecular formula is C17H21N5. The van der Waals surface area contributed by atoms with Gasteiger partial charge in [-0.2, -0.15) is 5.10 Å². The Bertz CT molecular complexity index is 659. The Morgan fingerprint density at radius 1 is 1.14 bits per heavy atom. The van der Waals surface area contributed by atoms with Crippen LogP contribution in [0.4, 0.5) is 11.5 Å². The van der Waals surface area contributed by atoms with Gasteiger partial charge in [0, 0.05) is 43.6 Å². The van der Waals surface area contributed by atoms with E-state index in [4.69, 9.17) is 0 Å². The molecule has 0 atom stereocenters. The Labute approximate surface area is 131 Å². The molecule has 2 aromatic heterocycles. The quantitative estimate of drug-likeness (QED) is 0.866. The smallest absolute Gasteiger partial charge is 0.151 e. The van der Waals surface area contributed by atoms with Crippen molar-refractivity contribution in [3.8, 4) is 0 Å². The van der Waals surface area contributed by atoms with Crippen molar-refractivity contribution >= 4 is 11.5 Å². The minimum absolute atomic E-state index is 0.520. The second kappa shape index (κ2) is 5.23. The third-order valence-electron chi connectivity index (χ3n) is 4.69. The monoisotopic (exact) mass is 295 g/mol. The Kier molecular flexibility index (Phi) is 3.21. The molecule has 0 spiro atoms. The SMILES string of the molecule is Cc1cc(N(C)C2CN(c3ccc(C4CC4)nn3)C2)ccn1. The summed E-state index contributed by atoms with van der Waals surface area (Å²) in [5.41, 5.74) is 3.44. The first-order valence-corrected chi connectivity index (χ1v) is 7.95. The molecule has 5 nitrogen and oxygen atoms in total. The van der Waals surface area contributed by atoms with E-state index in [-0.39, 0.29) is 0 Å². The highest BCUT2D eigenvalue weighted by atomic mass is 15.4. The molecule has 2 aliphatic rings. The van der Waals surface area contributed by atoms with E-state index < -0.39 is 0 Å². The summed E-state index contributed by atoms with van der Waals surface area (Å²) < 4.78 is 0. The van der Waals surface area contributed by atoms with Gasteiger partial charge in [-0.25, -0.2) is 0 Å². The maximum absolute atomic E-state index is 4.39. The third-order valence-corrected chi connectivity index (χ3v) is 4.69. The van der Waals surface area contributed by atoms with Gasteiger partial charge < -0.3 is 9.80 Å². The summed E-state index contributed by atoms with van der Waals surface area (Å²) in [6.45, 7) is 4.02. The summed E-state index contributed by atoms with van der Waals surface area (Å²) in [6.07, 6.45) is 4.42. The minimum Gasteiger partial charge on any atom is -0.368 e. The summed E-state index contributed by atoms with van der Waals surface area (Å²) in [5, 5.41) is 8.76. The topological polar surface area (TPSA) is 45.2 Å². The van der Waals surface area contributed by atoms with E-state index >= 15 is 0 Å². The zero-order valence-electron chi connectivity index (χ0n) is 13.1. The van der Waals surface area contributed by atoms with Crippen LogP contribution in [-0.2, 0) is 0 Å². The van der Waals surface area contributed by atoms with Crippen LogP contribution in [0.15, 0.2) is 30.5 Å². The lowest BCUT2D eigenvalue weighted by atomic mass is 10.1. The lowest BCUT2D eigenvalue weighted by molar-refractivity contribution is 0.490. The fourth-order valence-electron chi connectivity index (χ4n) is 2.95. The average molecular weight is 295 g/mol. The molecule has 2 fully saturated rings. The van der Waals surface area contributed by atoms with Crippen LogP contribution in [0.25, 0.3) is 0 Å². The molecule has 0 radical (unpaired) electrons. The van der Waals surface area contributed by atoms with Crippen molar-refractivity contribution < 1.29 is 0 Å². The second-order valence-corrected chi connectivity index (χ2v) is 6.42. The molecule has 1 aliphatic heterocycles. The third kappa shape index (κ3) is 2.51. The molecule has 0 N–H and O–H groups in total. The number of anilines is 2. The first kappa shape index (κ1) is 13.5. The van der Waals surface area contributed by atoms with Crippen molar-refractivity contribution in [1.82, 2.24) is 15.2 Å². The largest absolute Gasteiger partial charge is 0.368 e. The van der Waals surface area contributed by atoms with Crippen LogP contribution in [0.3, 0.4) is 0 Å². The van der Waals surface area contributed by atoms with Gasteiger partial charge in [0.2, 0.25) is 0 Å². The molecule has 1 aliphatic carbocycles. The number of nitrogens with zero attached hydrogens (tertiary/aromatic N) is 5. The number of aryl methyl sites for hydroxylation is 1. The Balaban J connectivity index is 1.38. The zero-order valence-corrected chi connectivity index (χ0v) is 13.1. The standard InChI is InChI=1S/C17H21N5/c1-12-9-14(7-8-18-12)21(2)15-10-22(11-15)17-6-5-16(19-20-17)13-3-4-13/h5-9,13,15H,3-4,10-11H2,1-2H3. The van der Waals surface area contributed by atoms with Gasteiger partial charge in [-0.05, 0) is 44.0 Å². The summed E-state index contributed by atoms with van der Waals surface area (Å²) in [4.78, 5) is 8.88. The van der Waals surface area contributed by atoms with E-state index in [1.165, 1.54) is 18.5 Å². The van der Waals surface area contributed by atoms with Crippen LogP contribution in [0.1, 0.15) is 30.1 Å². The second-order valence-electron chi connectivity index (χ2n) is 6.42. The summed E-state index contributed by atoms with van der Waals surface area (Å²) >= 11 is 0. The summed E-state index contributed by atoms with van der Waals surface area (Å²) in [7, 11) is 2.15. The maximum Gasteiger partial charge on any atom is 0.151 e. The average Bonchev–Trinajstić information content (AvgIpc) is 3.31. The van der Waals surface area contributed by atoms with E-state index in [1.807, 2.05) is 13.1 Å². The molecule has 0 aromatic carbocycles. The van der Waals surface area contributed by atoms with Gasteiger partial charge in [0.15, 0.2) is 5.82 Å². The lowest BCUT2D eigenvalue weighted by Crippen LogP contribution is -2.59. The molecule has 114 valence electrons. The molecule has 0 unspecified atom stereocenters. The van der Waals surface area contributed by atoms with Crippen molar-refractivity contribution in [2.45, 2.75) is 31.7 Å². The van der Waals surface area contributed by atoms with E-state index in [0.29, 0.717) is 12.0 Å². The number of likely N-dealkylation sites (N-methyl/N-ethyl adjacent to an activating group) is 1. The van der Waals surface area contributed by atoms with Gasteiger partial charge in [-0.15, -0.1) is 5.10 Å². The molecule has 0 bridgehead atoms. The highest BCUT2D eigenvalue weighted by Crippen LogP contribution is 2.39. The first-order valence-electron chi connectivity index (χ1n) is 7.95. The van der Waals surface area contributed by atoms with Crippen LogP contribution >= 0.6 is 0 Å². The van der Waals surface area contributed by atoms with Crippen LogP contribution in [-0.4, -0.2) is 41.4 Å². The van der Waals surface area contributed by atoms with Gasteiger partial charge in [0.25, 0.3) is 0 Å². The van der Waals surface area contributed by atoms with Gasteiger partial charge in [-0.1, -0.05) is 0 Å². The van der Waals surface area contributed by atoms with Gasteiger partial charge in [0.05, 0.1) is 11.7 Å². The van der Waals surface area contributed by atoms with Crippen molar-refractivity contribution in [2.24, 2.45) is 0 Å². The number of hydrogen-bond donors (Lipinski definition) is 0. The molecule has 0 amide bonds. The van der Waals surface area contributed by atoms with Crippen LogP contribution < -0.4 is 9.80 Å². The first-order chi connectivity index (χ1) is 10.7. The van der Waals surface area contributed by atoms with Crippen molar-refractivity contribution in [2.75, 3.05) is 29.9 Å². The van der Waals surface area contributed by atoms with Gasteiger partial charge in [0.1, 0.15) is 0 Å². The Morgan fingerprint density at radius 2 is 1.95 bits per heavy atom. The van der Waals surface area contributed by atoms with E-state index in [9.17, 15) is 0 Å². The van der Waals surface area contributed by atoms with Crippen LogP contribution in [0.2, 0.25) is 0 Å². The highest BCUT2D eigenvalue weighted by molar-refractivity contribution is 5.51. The molecule has 1 saturated carbocycles. The summed E-state index contributed by atoms with van der Waals surface area (Å²) in [6, 6.07) is 8.98. The molecule has 2 aromatic rings. The number of rotatable bonds is 4. The fourth-order valence-corrected chi connectivity index (χ4v) is 2.95. The predicted molar refractivity (Wildman–Crippen MR) is 87.4 cm³/mol. The minimum atomic E-state index is 0.520. The molecule has 4 rings (SSSR count). The Hall–Kier alpha value is -2.17. The molecule has 3 heterocycles. The highest BCUT2D eigenvalue weighted by Gasteiger charge is 2.32. The number of pyridine rings is 1.